The number of hydrogen-bond acceptors (Lipinski definition) is 5. The van der Waals surface area contributed by atoms with Crippen LogP contribution in [0.1, 0.15) is 0 Å². The van der Waals surface area contributed by atoms with Crippen LogP contribution < -0.4 is 10.2 Å². The predicted molar refractivity (Wildman–Crippen MR) is 104 cm³/mol. The summed E-state index contributed by atoms with van der Waals surface area (Å²) in [6.45, 7) is 3.34. The average molecular weight is 363 g/mol. The zero-order valence-corrected chi connectivity index (χ0v) is 14.6. The van der Waals surface area contributed by atoms with E-state index in [-0.39, 0.29) is 5.82 Å². The molecule has 0 unspecified atom stereocenters. The Morgan fingerprint density at radius 3 is 2.67 bits per heavy atom. The van der Waals surface area contributed by atoms with Crippen molar-refractivity contribution in [1.82, 2.24) is 15.2 Å². The summed E-state index contributed by atoms with van der Waals surface area (Å²) in [4.78, 5) is 6.96. The van der Waals surface area contributed by atoms with Crippen LogP contribution >= 0.6 is 0 Å². The van der Waals surface area contributed by atoms with E-state index >= 15 is 0 Å². The van der Waals surface area contributed by atoms with E-state index in [1.807, 2.05) is 12.1 Å². The Morgan fingerprint density at radius 2 is 1.85 bits per heavy atom. The van der Waals surface area contributed by atoms with Crippen molar-refractivity contribution in [1.29, 1.82) is 0 Å². The van der Waals surface area contributed by atoms with Gasteiger partial charge in [-0.25, -0.2) is 9.37 Å². The number of rotatable bonds is 3. The molecule has 1 aliphatic rings. The zero-order chi connectivity index (χ0) is 18.2. The second-order valence-corrected chi connectivity index (χ2v) is 6.55. The number of anilines is 3. The molecule has 7 heteroatoms. The van der Waals surface area contributed by atoms with Crippen LogP contribution in [-0.4, -0.2) is 41.5 Å². The van der Waals surface area contributed by atoms with Crippen LogP contribution in [0.4, 0.5) is 21.6 Å². The number of H-pyrrole nitrogens is 1. The van der Waals surface area contributed by atoms with Crippen molar-refractivity contribution in [3.63, 3.8) is 0 Å². The summed E-state index contributed by atoms with van der Waals surface area (Å²) in [5.74, 6) is 0.381. The lowest BCUT2D eigenvalue weighted by atomic mass is 10.1. The van der Waals surface area contributed by atoms with Gasteiger partial charge >= 0.3 is 0 Å². The topological polar surface area (TPSA) is 66.1 Å². The van der Waals surface area contributed by atoms with Gasteiger partial charge in [0.05, 0.1) is 24.9 Å². The van der Waals surface area contributed by atoms with Crippen molar-refractivity contribution in [3.8, 4) is 0 Å². The van der Waals surface area contributed by atoms with Gasteiger partial charge in [-0.1, -0.05) is 0 Å². The maximum atomic E-state index is 13.6. The number of halogens is 1. The molecule has 0 aliphatic carbocycles. The lowest BCUT2D eigenvalue weighted by Gasteiger charge is -2.28. The number of nitrogens with zero attached hydrogens (tertiary/aromatic N) is 3. The third-order valence-corrected chi connectivity index (χ3v) is 4.86. The standard InChI is InChI=1S/C20H18FN5O/c21-13-1-6-18-16(11-13)17-12-22-25-19(17)20(24-18)23-14-2-4-15(5-3-14)26-7-9-27-10-8-26/h1-6,11-12H,7-10H2,(H,22,25)(H,23,24). The molecule has 1 aliphatic heterocycles. The van der Waals surface area contributed by atoms with Crippen LogP contribution in [0.5, 0.6) is 0 Å². The highest BCUT2D eigenvalue weighted by molar-refractivity contribution is 6.08. The van der Waals surface area contributed by atoms with Gasteiger partial charge in [-0.15, -0.1) is 0 Å². The van der Waals surface area contributed by atoms with Crippen molar-refractivity contribution in [2.75, 3.05) is 36.5 Å². The minimum absolute atomic E-state index is 0.286. The Bertz CT molecular complexity index is 1100. The fourth-order valence-corrected chi connectivity index (χ4v) is 3.47. The summed E-state index contributed by atoms with van der Waals surface area (Å²) in [6.07, 6.45) is 1.70. The third-order valence-electron chi connectivity index (χ3n) is 4.86. The molecule has 0 spiro atoms. The SMILES string of the molecule is Fc1ccc2nc(Nc3ccc(N4CCOCC4)cc3)c3[nH]ncc3c2c1. The van der Waals surface area contributed by atoms with Crippen molar-refractivity contribution >= 4 is 39.0 Å². The Morgan fingerprint density at radius 1 is 1.04 bits per heavy atom. The van der Waals surface area contributed by atoms with E-state index in [0.717, 1.165) is 53.8 Å². The molecular formula is C20H18FN5O. The quantitative estimate of drug-likeness (QED) is 0.579. The largest absolute Gasteiger partial charge is 0.378 e. The first-order valence-electron chi connectivity index (χ1n) is 8.90. The van der Waals surface area contributed by atoms with E-state index < -0.39 is 0 Å². The van der Waals surface area contributed by atoms with E-state index in [9.17, 15) is 4.39 Å². The molecule has 0 bridgehead atoms. The average Bonchev–Trinajstić information content (AvgIpc) is 3.20. The maximum absolute atomic E-state index is 13.6. The normalized spacial score (nSPS) is 14.8. The molecule has 3 heterocycles. The van der Waals surface area contributed by atoms with E-state index in [4.69, 9.17) is 4.74 Å². The molecule has 0 atom stereocenters. The molecule has 0 amide bonds. The molecule has 136 valence electrons. The molecule has 6 nitrogen and oxygen atoms in total. The first-order chi connectivity index (χ1) is 13.3. The first kappa shape index (κ1) is 16.0. The van der Waals surface area contributed by atoms with Gasteiger partial charge in [-0.2, -0.15) is 5.10 Å². The second-order valence-electron chi connectivity index (χ2n) is 6.55. The van der Waals surface area contributed by atoms with E-state index in [2.05, 4.69) is 37.5 Å². The van der Waals surface area contributed by atoms with Crippen LogP contribution in [0.25, 0.3) is 21.8 Å². The van der Waals surface area contributed by atoms with E-state index in [1.54, 1.807) is 12.3 Å². The van der Waals surface area contributed by atoms with Gasteiger partial charge in [0.25, 0.3) is 0 Å². The van der Waals surface area contributed by atoms with Gasteiger partial charge in [0.1, 0.15) is 11.3 Å². The van der Waals surface area contributed by atoms with Crippen molar-refractivity contribution in [2.24, 2.45) is 0 Å². The Kier molecular flexibility index (Phi) is 3.86. The lowest BCUT2D eigenvalue weighted by Crippen LogP contribution is -2.36. The number of morpholine rings is 1. The van der Waals surface area contributed by atoms with Gasteiger partial charge in [-0.3, -0.25) is 5.10 Å². The van der Waals surface area contributed by atoms with Gasteiger partial charge in [0.15, 0.2) is 5.82 Å². The molecule has 5 rings (SSSR count). The number of fused-ring (bicyclic) bond motifs is 3. The van der Waals surface area contributed by atoms with Crippen LogP contribution in [0.3, 0.4) is 0 Å². The summed E-state index contributed by atoms with van der Waals surface area (Å²) >= 11 is 0. The number of nitrogens with one attached hydrogen (secondary N) is 2. The number of ether oxygens (including phenoxy) is 1. The highest BCUT2D eigenvalue weighted by atomic mass is 19.1. The van der Waals surface area contributed by atoms with E-state index in [0.29, 0.717) is 5.82 Å². The maximum Gasteiger partial charge on any atom is 0.157 e. The van der Waals surface area contributed by atoms with Gasteiger partial charge in [0, 0.05) is 35.2 Å². The Balaban J connectivity index is 1.48. The molecule has 4 aromatic rings. The number of pyridine rings is 1. The second kappa shape index (κ2) is 6.51. The fourth-order valence-electron chi connectivity index (χ4n) is 3.47. The van der Waals surface area contributed by atoms with Crippen molar-refractivity contribution < 1.29 is 9.13 Å². The van der Waals surface area contributed by atoms with Crippen LogP contribution in [0.2, 0.25) is 0 Å². The van der Waals surface area contributed by atoms with Crippen LogP contribution in [0, 0.1) is 5.82 Å². The van der Waals surface area contributed by atoms with Crippen LogP contribution in [0.15, 0.2) is 48.7 Å². The molecule has 1 saturated heterocycles. The molecular weight excluding hydrogens is 345 g/mol. The van der Waals surface area contributed by atoms with Crippen LogP contribution in [-0.2, 0) is 4.74 Å². The summed E-state index contributed by atoms with van der Waals surface area (Å²) in [5.41, 5.74) is 3.58. The number of hydrogen-bond donors (Lipinski definition) is 2. The molecule has 1 fully saturated rings. The van der Waals surface area contributed by atoms with Crippen molar-refractivity contribution in [2.45, 2.75) is 0 Å². The molecule has 2 N–H and O–H groups in total. The molecule has 2 aromatic carbocycles. The molecule has 27 heavy (non-hydrogen) atoms. The van der Waals surface area contributed by atoms with E-state index in [1.165, 1.54) is 17.8 Å². The summed E-state index contributed by atoms with van der Waals surface area (Å²) in [7, 11) is 0. The lowest BCUT2D eigenvalue weighted by molar-refractivity contribution is 0.122. The molecule has 0 saturated carbocycles. The van der Waals surface area contributed by atoms with Gasteiger partial charge < -0.3 is 15.0 Å². The summed E-state index contributed by atoms with van der Waals surface area (Å²) in [6, 6.07) is 12.8. The highest BCUT2D eigenvalue weighted by Crippen LogP contribution is 2.30. The van der Waals surface area contributed by atoms with Crippen molar-refractivity contribution in [3.05, 3.63) is 54.5 Å². The monoisotopic (exact) mass is 363 g/mol. The number of benzene rings is 2. The smallest absolute Gasteiger partial charge is 0.157 e. The Hall–Kier alpha value is -3.19. The Labute approximate surface area is 155 Å². The van der Waals surface area contributed by atoms with Gasteiger partial charge in [-0.05, 0) is 42.5 Å². The fraction of sp³-hybridized carbons (Fsp3) is 0.200. The molecule has 2 aromatic heterocycles. The molecule has 0 radical (unpaired) electrons. The summed E-state index contributed by atoms with van der Waals surface area (Å²) in [5, 5.41) is 12.0. The number of aromatic amines is 1. The zero-order valence-electron chi connectivity index (χ0n) is 14.6. The first-order valence-corrected chi connectivity index (χ1v) is 8.90. The predicted octanol–water partition coefficient (Wildman–Crippen LogP) is 3.83. The minimum atomic E-state index is -0.286. The summed E-state index contributed by atoms with van der Waals surface area (Å²) < 4.78 is 19.0. The minimum Gasteiger partial charge on any atom is -0.378 e. The highest BCUT2D eigenvalue weighted by Gasteiger charge is 2.13. The third kappa shape index (κ3) is 2.96. The van der Waals surface area contributed by atoms with Gasteiger partial charge in [0.2, 0.25) is 0 Å². The number of aromatic nitrogens is 3.